The first-order chi connectivity index (χ1) is 8.52. The zero-order valence-electron chi connectivity index (χ0n) is 13.8. The molecule has 0 N–H and O–H groups in total. The average molecular weight is 262 g/mol. The van der Waals surface area contributed by atoms with Crippen LogP contribution in [0.15, 0.2) is 11.1 Å². The molecule has 0 bridgehead atoms. The van der Waals surface area contributed by atoms with Gasteiger partial charge < -0.3 is 0 Å². The van der Waals surface area contributed by atoms with Crippen molar-refractivity contribution in [2.24, 2.45) is 22.2 Å². The molecule has 0 spiro atoms. The molecule has 108 valence electrons. The van der Waals surface area contributed by atoms with Crippen LogP contribution in [-0.2, 0) is 4.79 Å². The van der Waals surface area contributed by atoms with E-state index in [1.807, 2.05) is 0 Å². The van der Waals surface area contributed by atoms with Gasteiger partial charge >= 0.3 is 0 Å². The number of hydrogen-bond acceptors (Lipinski definition) is 1. The molecule has 0 amide bonds. The van der Waals surface area contributed by atoms with E-state index in [-0.39, 0.29) is 10.8 Å². The summed E-state index contributed by atoms with van der Waals surface area (Å²) < 4.78 is 0. The molecule has 1 atom stereocenters. The predicted molar refractivity (Wildman–Crippen MR) is 81.0 cm³/mol. The normalized spacial score (nSPS) is 32.8. The third-order valence-electron chi connectivity index (χ3n) is 6.78. The van der Waals surface area contributed by atoms with Crippen LogP contribution in [0.4, 0.5) is 0 Å². The van der Waals surface area contributed by atoms with Gasteiger partial charge in [0, 0.05) is 11.8 Å². The van der Waals surface area contributed by atoms with Gasteiger partial charge in [-0.3, -0.25) is 4.79 Å². The maximum atomic E-state index is 12.3. The second-order valence-corrected chi connectivity index (χ2v) is 8.40. The number of hydrogen-bond donors (Lipinski definition) is 0. The van der Waals surface area contributed by atoms with Crippen LogP contribution in [-0.4, -0.2) is 5.78 Å². The van der Waals surface area contributed by atoms with Crippen molar-refractivity contribution in [1.29, 1.82) is 0 Å². The van der Waals surface area contributed by atoms with E-state index in [9.17, 15) is 4.79 Å². The van der Waals surface area contributed by atoms with E-state index in [0.717, 1.165) is 12.8 Å². The number of Topliss-reactive ketones (excluding diaryl/α,β-unsaturated/α-hetero) is 1. The summed E-state index contributed by atoms with van der Waals surface area (Å²) in [5.74, 6) is 1.03. The monoisotopic (exact) mass is 262 g/mol. The van der Waals surface area contributed by atoms with Crippen molar-refractivity contribution in [3.63, 3.8) is 0 Å². The fourth-order valence-electron chi connectivity index (χ4n) is 4.05. The zero-order valence-corrected chi connectivity index (χ0v) is 13.8. The van der Waals surface area contributed by atoms with Gasteiger partial charge in [0.05, 0.1) is 0 Å². The topological polar surface area (TPSA) is 17.1 Å². The average Bonchev–Trinajstić information content (AvgIpc) is 2.54. The molecule has 0 heterocycles. The minimum Gasteiger partial charge on any atom is -0.299 e. The second-order valence-electron chi connectivity index (χ2n) is 8.40. The lowest BCUT2D eigenvalue weighted by atomic mass is 9.52. The van der Waals surface area contributed by atoms with Gasteiger partial charge in [0.2, 0.25) is 0 Å². The van der Waals surface area contributed by atoms with Crippen molar-refractivity contribution in [3.05, 3.63) is 11.1 Å². The minimum atomic E-state index is -0.198. The number of rotatable bonds is 1. The van der Waals surface area contributed by atoms with Gasteiger partial charge in [-0.25, -0.2) is 0 Å². The maximum Gasteiger partial charge on any atom is 0.139 e. The molecule has 0 aromatic carbocycles. The highest BCUT2D eigenvalue weighted by Gasteiger charge is 2.52. The highest BCUT2D eigenvalue weighted by Crippen LogP contribution is 2.57. The largest absolute Gasteiger partial charge is 0.299 e. The second kappa shape index (κ2) is 4.20. The molecule has 0 saturated heterocycles. The lowest BCUT2D eigenvalue weighted by Crippen LogP contribution is -2.49. The molecule has 0 aliphatic heterocycles. The molecule has 1 heteroatoms. The van der Waals surface area contributed by atoms with Crippen molar-refractivity contribution in [2.75, 3.05) is 0 Å². The zero-order chi connectivity index (χ0) is 14.6. The fourth-order valence-corrected chi connectivity index (χ4v) is 4.05. The Kier molecular flexibility index (Phi) is 3.27. The van der Waals surface area contributed by atoms with Crippen molar-refractivity contribution in [1.82, 2.24) is 0 Å². The van der Waals surface area contributed by atoms with Crippen LogP contribution in [0, 0.1) is 22.2 Å². The van der Waals surface area contributed by atoms with Crippen LogP contribution in [0.1, 0.15) is 74.1 Å². The Balaban J connectivity index is 2.42. The Morgan fingerprint density at radius 2 is 1.58 bits per heavy atom. The fraction of sp³-hybridized carbons (Fsp3) is 0.833. The third-order valence-corrected chi connectivity index (χ3v) is 6.78. The van der Waals surface area contributed by atoms with E-state index >= 15 is 0 Å². The van der Waals surface area contributed by atoms with Gasteiger partial charge in [0.25, 0.3) is 0 Å². The molecule has 0 radical (unpaired) electrons. The molecule has 1 nitrogen and oxygen atoms in total. The standard InChI is InChI=1S/C18H30O/c1-12-13(10-11-16(12,2)3)14-8-9-15(19)18(6,7)17(14,4)5/h14H,8-11H2,1-7H3. The Bertz CT molecular complexity index is 435. The lowest BCUT2D eigenvalue weighted by molar-refractivity contribution is -0.140. The van der Waals surface area contributed by atoms with E-state index in [0.29, 0.717) is 17.1 Å². The van der Waals surface area contributed by atoms with Crippen LogP contribution in [0.5, 0.6) is 0 Å². The van der Waals surface area contributed by atoms with Crippen LogP contribution in [0.3, 0.4) is 0 Å². The van der Waals surface area contributed by atoms with E-state index in [2.05, 4.69) is 48.5 Å². The molecule has 0 aromatic heterocycles. The molecule has 1 saturated carbocycles. The van der Waals surface area contributed by atoms with Crippen molar-refractivity contribution in [2.45, 2.75) is 74.1 Å². The van der Waals surface area contributed by atoms with E-state index in [1.54, 1.807) is 11.1 Å². The predicted octanol–water partition coefficient (Wildman–Crippen LogP) is 5.15. The van der Waals surface area contributed by atoms with Crippen molar-refractivity contribution >= 4 is 5.78 Å². The van der Waals surface area contributed by atoms with Crippen LogP contribution < -0.4 is 0 Å². The Morgan fingerprint density at radius 1 is 1.00 bits per heavy atom. The molecule has 2 aliphatic carbocycles. The molecule has 0 aromatic rings. The van der Waals surface area contributed by atoms with Crippen LogP contribution in [0.25, 0.3) is 0 Å². The summed E-state index contributed by atoms with van der Waals surface area (Å²) in [6.07, 6.45) is 4.32. The molecule has 2 rings (SSSR count). The number of allylic oxidation sites excluding steroid dienone is 2. The summed E-state index contributed by atoms with van der Waals surface area (Å²) in [6, 6.07) is 0. The van der Waals surface area contributed by atoms with E-state index in [4.69, 9.17) is 0 Å². The Hall–Kier alpha value is -0.590. The highest BCUT2D eigenvalue weighted by molar-refractivity contribution is 5.86. The molecular formula is C18H30O. The number of ketones is 1. The first-order valence-electron chi connectivity index (χ1n) is 7.75. The summed E-state index contributed by atoms with van der Waals surface area (Å²) in [5, 5.41) is 0. The molecular weight excluding hydrogens is 232 g/mol. The van der Waals surface area contributed by atoms with Gasteiger partial charge in [-0.05, 0) is 42.9 Å². The molecule has 1 unspecified atom stereocenters. The van der Waals surface area contributed by atoms with Gasteiger partial charge in [0.1, 0.15) is 5.78 Å². The maximum absolute atomic E-state index is 12.3. The summed E-state index contributed by atoms with van der Waals surface area (Å²) in [7, 11) is 0. The Morgan fingerprint density at radius 3 is 2.05 bits per heavy atom. The van der Waals surface area contributed by atoms with Crippen LogP contribution >= 0.6 is 0 Å². The summed E-state index contributed by atoms with van der Waals surface area (Å²) in [4.78, 5) is 12.3. The van der Waals surface area contributed by atoms with Gasteiger partial charge in [-0.1, -0.05) is 52.7 Å². The number of carbonyl (C=O) groups is 1. The quantitative estimate of drug-likeness (QED) is 0.597. The minimum absolute atomic E-state index is 0.0688. The van der Waals surface area contributed by atoms with Crippen molar-refractivity contribution < 1.29 is 4.79 Å². The van der Waals surface area contributed by atoms with E-state index < -0.39 is 0 Å². The van der Waals surface area contributed by atoms with E-state index in [1.165, 1.54) is 12.8 Å². The summed E-state index contributed by atoms with van der Waals surface area (Å²) >= 11 is 0. The van der Waals surface area contributed by atoms with Gasteiger partial charge in [0.15, 0.2) is 0 Å². The smallest absolute Gasteiger partial charge is 0.139 e. The summed E-state index contributed by atoms with van der Waals surface area (Å²) in [6.45, 7) is 16.0. The molecule has 19 heavy (non-hydrogen) atoms. The number of carbonyl (C=O) groups excluding carboxylic acids is 1. The first-order valence-corrected chi connectivity index (χ1v) is 7.75. The Labute approximate surface area is 118 Å². The molecule has 1 fully saturated rings. The molecule has 2 aliphatic rings. The lowest BCUT2D eigenvalue weighted by Gasteiger charge is -2.51. The van der Waals surface area contributed by atoms with Gasteiger partial charge in [-0.2, -0.15) is 0 Å². The van der Waals surface area contributed by atoms with Gasteiger partial charge in [-0.15, -0.1) is 0 Å². The van der Waals surface area contributed by atoms with Crippen molar-refractivity contribution in [3.8, 4) is 0 Å². The highest BCUT2D eigenvalue weighted by atomic mass is 16.1. The summed E-state index contributed by atoms with van der Waals surface area (Å²) in [5.41, 5.74) is 3.48. The third kappa shape index (κ3) is 2.00. The SMILES string of the molecule is CC1=C(C2CCC(=O)C(C)(C)C2(C)C)CCC1(C)C. The van der Waals surface area contributed by atoms with Crippen LogP contribution in [0.2, 0.25) is 0 Å². The first kappa shape index (κ1) is 14.8.